The minimum absolute atomic E-state index is 0.0155. The molecule has 4 nitrogen and oxygen atoms in total. The van der Waals surface area contributed by atoms with Crippen LogP contribution in [-0.4, -0.2) is 25.8 Å². The molecule has 1 amide bonds. The van der Waals surface area contributed by atoms with Gasteiger partial charge < -0.3 is 5.32 Å². The monoisotopic (exact) mass is 295 g/mol. The van der Waals surface area contributed by atoms with Crippen molar-refractivity contribution in [2.24, 2.45) is 5.92 Å². The Balaban J connectivity index is 2.06. The summed E-state index contributed by atoms with van der Waals surface area (Å²) in [4.78, 5) is 12.1. The highest BCUT2D eigenvalue weighted by Crippen LogP contribution is 2.22. The van der Waals surface area contributed by atoms with Crippen LogP contribution in [-0.2, 0) is 14.6 Å². The van der Waals surface area contributed by atoms with Gasteiger partial charge in [-0.3, -0.25) is 4.79 Å². The second kappa shape index (κ2) is 5.56. The van der Waals surface area contributed by atoms with Crippen molar-refractivity contribution in [1.29, 1.82) is 0 Å². The van der Waals surface area contributed by atoms with Crippen LogP contribution in [0.1, 0.15) is 36.1 Å². The first-order valence-corrected chi connectivity index (χ1v) is 8.68. The average Bonchev–Trinajstić information content (AvgIpc) is 2.72. The average molecular weight is 295 g/mol. The Morgan fingerprint density at radius 3 is 2.65 bits per heavy atom. The fourth-order valence-electron chi connectivity index (χ4n) is 2.64. The summed E-state index contributed by atoms with van der Waals surface area (Å²) in [6.45, 7) is 5.96. The fraction of sp³-hybridized carbons (Fsp3) is 0.533. The summed E-state index contributed by atoms with van der Waals surface area (Å²) < 4.78 is 22.8. The number of benzene rings is 1. The van der Waals surface area contributed by atoms with Crippen LogP contribution in [0.5, 0.6) is 0 Å². The largest absolute Gasteiger partial charge is 0.349 e. The van der Waals surface area contributed by atoms with Gasteiger partial charge >= 0.3 is 0 Å². The van der Waals surface area contributed by atoms with Crippen molar-refractivity contribution in [3.8, 4) is 0 Å². The molecular weight excluding hydrogens is 274 g/mol. The standard InChI is InChI=1S/C15H21NO3S/c1-10-4-5-11(2)14(8-10)12(3)16-15(17)13-6-7-20(18,19)9-13/h4-5,8,12-13H,6-7,9H2,1-3H3,(H,16,17)/t12-,13-/m0/s1. The zero-order valence-corrected chi connectivity index (χ0v) is 13.0. The maximum Gasteiger partial charge on any atom is 0.224 e. The predicted octanol–water partition coefficient (Wildman–Crippen LogP) is 1.92. The van der Waals surface area contributed by atoms with E-state index >= 15 is 0 Å². The molecule has 20 heavy (non-hydrogen) atoms. The van der Waals surface area contributed by atoms with Gasteiger partial charge in [-0.1, -0.05) is 23.8 Å². The molecule has 1 aliphatic heterocycles. The van der Waals surface area contributed by atoms with Crippen molar-refractivity contribution in [3.63, 3.8) is 0 Å². The SMILES string of the molecule is Cc1ccc(C)c([C@H](C)NC(=O)[C@H]2CCS(=O)(=O)C2)c1. The second-order valence-electron chi connectivity index (χ2n) is 5.69. The zero-order chi connectivity index (χ0) is 14.9. The molecular formula is C15H21NO3S. The molecule has 1 aromatic rings. The van der Waals surface area contributed by atoms with E-state index in [-0.39, 0.29) is 23.5 Å². The van der Waals surface area contributed by atoms with E-state index in [2.05, 4.69) is 11.4 Å². The van der Waals surface area contributed by atoms with Gasteiger partial charge in [-0.05, 0) is 38.3 Å². The maximum atomic E-state index is 12.1. The van der Waals surface area contributed by atoms with Gasteiger partial charge in [0, 0.05) is 0 Å². The molecule has 5 heteroatoms. The number of hydrogen-bond acceptors (Lipinski definition) is 3. The van der Waals surface area contributed by atoms with Gasteiger partial charge in [0.15, 0.2) is 9.84 Å². The normalized spacial score (nSPS) is 22.4. The van der Waals surface area contributed by atoms with Gasteiger partial charge in [-0.25, -0.2) is 8.42 Å². The third-order valence-electron chi connectivity index (χ3n) is 3.86. The highest BCUT2D eigenvalue weighted by Gasteiger charge is 2.33. The van der Waals surface area contributed by atoms with Gasteiger partial charge in [0.2, 0.25) is 5.91 Å². The first kappa shape index (κ1) is 15.0. The van der Waals surface area contributed by atoms with E-state index in [1.54, 1.807) is 0 Å². The molecule has 0 bridgehead atoms. The quantitative estimate of drug-likeness (QED) is 0.926. The number of rotatable bonds is 3. The smallest absolute Gasteiger partial charge is 0.224 e. The Labute approximate surface area is 120 Å². The lowest BCUT2D eigenvalue weighted by molar-refractivity contribution is -0.124. The van der Waals surface area contributed by atoms with Crippen molar-refractivity contribution >= 4 is 15.7 Å². The molecule has 1 saturated heterocycles. The van der Waals surface area contributed by atoms with Crippen molar-refractivity contribution in [2.45, 2.75) is 33.2 Å². The first-order chi connectivity index (χ1) is 9.28. The van der Waals surface area contributed by atoms with Crippen LogP contribution in [0, 0.1) is 19.8 Å². The predicted molar refractivity (Wildman–Crippen MR) is 79.2 cm³/mol. The highest BCUT2D eigenvalue weighted by atomic mass is 32.2. The molecule has 1 aliphatic rings. The highest BCUT2D eigenvalue weighted by molar-refractivity contribution is 7.91. The van der Waals surface area contributed by atoms with Crippen LogP contribution in [0.3, 0.4) is 0 Å². The molecule has 1 heterocycles. The molecule has 1 fully saturated rings. The second-order valence-corrected chi connectivity index (χ2v) is 7.92. The van der Waals surface area contributed by atoms with E-state index in [4.69, 9.17) is 0 Å². The van der Waals surface area contributed by atoms with Crippen molar-refractivity contribution in [1.82, 2.24) is 5.32 Å². The van der Waals surface area contributed by atoms with E-state index in [1.165, 1.54) is 0 Å². The molecule has 0 aliphatic carbocycles. The number of nitrogens with one attached hydrogen (secondary N) is 1. The number of amides is 1. The minimum Gasteiger partial charge on any atom is -0.349 e. The van der Waals surface area contributed by atoms with Gasteiger partial charge in [0.1, 0.15) is 0 Å². The summed E-state index contributed by atoms with van der Waals surface area (Å²) in [6, 6.07) is 6.03. The van der Waals surface area contributed by atoms with Gasteiger partial charge in [-0.2, -0.15) is 0 Å². The molecule has 2 atom stereocenters. The molecule has 0 saturated carbocycles. The molecule has 2 rings (SSSR count). The summed E-state index contributed by atoms with van der Waals surface area (Å²) in [5.41, 5.74) is 3.36. The Morgan fingerprint density at radius 2 is 2.05 bits per heavy atom. The van der Waals surface area contributed by atoms with E-state index in [1.807, 2.05) is 32.9 Å². The van der Waals surface area contributed by atoms with Crippen LogP contribution in [0.15, 0.2) is 18.2 Å². The molecule has 0 spiro atoms. The summed E-state index contributed by atoms with van der Waals surface area (Å²) in [5.74, 6) is -0.437. The molecule has 0 aromatic heterocycles. The number of carbonyl (C=O) groups is 1. The number of aryl methyl sites for hydroxylation is 2. The first-order valence-electron chi connectivity index (χ1n) is 6.86. The Bertz CT molecular complexity index is 622. The van der Waals surface area contributed by atoms with Crippen molar-refractivity contribution < 1.29 is 13.2 Å². The fourth-order valence-corrected chi connectivity index (χ4v) is 4.38. The van der Waals surface area contributed by atoms with Gasteiger partial charge in [0.25, 0.3) is 0 Å². The summed E-state index contributed by atoms with van der Waals surface area (Å²) >= 11 is 0. The Kier molecular flexibility index (Phi) is 4.18. The van der Waals surface area contributed by atoms with Crippen LogP contribution < -0.4 is 5.32 Å². The third kappa shape index (κ3) is 3.39. The van der Waals surface area contributed by atoms with E-state index in [0.717, 1.165) is 16.7 Å². The lowest BCUT2D eigenvalue weighted by Gasteiger charge is -2.19. The molecule has 0 unspecified atom stereocenters. The zero-order valence-electron chi connectivity index (χ0n) is 12.1. The number of sulfone groups is 1. The lowest BCUT2D eigenvalue weighted by atomic mass is 9.99. The minimum atomic E-state index is -3.02. The maximum absolute atomic E-state index is 12.1. The van der Waals surface area contributed by atoms with Gasteiger partial charge in [0.05, 0.1) is 23.5 Å². The van der Waals surface area contributed by atoms with Gasteiger partial charge in [-0.15, -0.1) is 0 Å². The summed E-state index contributed by atoms with van der Waals surface area (Å²) in [7, 11) is -3.02. The molecule has 0 radical (unpaired) electrons. The van der Waals surface area contributed by atoms with E-state index in [9.17, 15) is 13.2 Å². The van der Waals surface area contributed by atoms with Crippen LogP contribution in [0.25, 0.3) is 0 Å². The Morgan fingerprint density at radius 1 is 1.35 bits per heavy atom. The molecule has 1 N–H and O–H groups in total. The van der Waals surface area contributed by atoms with Crippen molar-refractivity contribution in [2.75, 3.05) is 11.5 Å². The van der Waals surface area contributed by atoms with Crippen LogP contribution in [0.4, 0.5) is 0 Å². The summed E-state index contributed by atoms with van der Waals surface area (Å²) in [6.07, 6.45) is 0.438. The van der Waals surface area contributed by atoms with Crippen LogP contribution >= 0.6 is 0 Å². The molecule has 1 aromatic carbocycles. The lowest BCUT2D eigenvalue weighted by Crippen LogP contribution is -2.33. The van der Waals surface area contributed by atoms with Crippen LogP contribution in [0.2, 0.25) is 0 Å². The topological polar surface area (TPSA) is 63.2 Å². The van der Waals surface area contributed by atoms with Crippen molar-refractivity contribution in [3.05, 3.63) is 34.9 Å². The number of carbonyl (C=O) groups excluding carboxylic acids is 1. The van der Waals surface area contributed by atoms with E-state index < -0.39 is 15.8 Å². The summed E-state index contributed by atoms with van der Waals surface area (Å²) in [5, 5.41) is 2.94. The molecule has 110 valence electrons. The Hall–Kier alpha value is -1.36. The van der Waals surface area contributed by atoms with E-state index in [0.29, 0.717) is 6.42 Å². The number of hydrogen-bond donors (Lipinski definition) is 1. The third-order valence-corrected chi connectivity index (χ3v) is 5.63.